The van der Waals surface area contributed by atoms with Gasteiger partial charge in [-0.1, -0.05) is 29.8 Å². The molecule has 19 heavy (non-hydrogen) atoms. The molecule has 0 fully saturated rings. The van der Waals surface area contributed by atoms with Crippen LogP contribution in [-0.2, 0) is 6.54 Å². The van der Waals surface area contributed by atoms with Crippen LogP contribution in [0.4, 0.5) is 0 Å². The molecule has 1 N–H and O–H groups in total. The van der Waals surface area contributed by atoms with E-state index >= 15 is 0 Å². The second-order valence-electron chi connectivity index (χ2n) is 6.07. The average Bonchev–Trinajstić information content (AvgIpc) is 2.65. The Morgan fingerprint density at radius 3 is 2.63 bits per heavy atom. The van der Waals surface area contributed by atoms with E-state index in [4.69, 9.17) is 11.6 Å². The van der Waals surface area contributed by atoms with E-state index in [9.17, 15) is 0 Å². The Labute approximate surface area is 120 Å². The van der Waals surface area contributed by atoms with Crippen LogP contribution in [0.5, 0.6) is 0 Å². The minimum atomic E-state index is 0.212. The summed E-state index contributed by atoms with van der Waals surface area (Å²) in [6.07, 6.45) is 4.39. The highest BCUT2D eigenvalue weighted by atomic mass is 35.5. The van der Waals surface area contributed by atoms with Crippen LogP contribution >= 0.6 is 11.6 Å². The van der Waals surface area contributed by atoms with Gasteiger partial charge in [0, 0.05) is 29.2 Å². The van der Waals surface area contributed by atoms with Crippen molar-refractivity contribution < 1.29 is 0 Å². The van der Waals surface area contributed by atoms with Gasteiger partial charge in [0.25, 0.3) is 0 Å². The van der Waals surface area contributed by atoms with Crippen molar-refractivity contribution in [3.05, 3.63) is 35.5 Å². The second kappa shape index (κ2) is 5.98. The molecular formula is C16H23ClN2. The van der Waals surface area contributed by atoms with E-state index in [0.29, 0.717) is 0 Å². The van der Waals surface area contributed by atoms with Gasteiger partial charge in [-0.3, -0.25) is 0 Å². The molecule has 0 saturated heterocycles. The number of para-hydroxylation sites is 1. The molecule has 3 heteroatoms. The van der Waals surface area contributed by atoms with Crippen LogP contribution in [0.15, 0.2) is 30.5 Å². The molecule has 2 nitrogen and oxygen atoms in total. The van der Waals surface area contributed by atoms with Crippen LogP contribution in [0, 0.1) is 0 Å². The zero-order valence-corrected chi connectivity index (χ0v) is 12.8. The van der Waals surface area contributed by atoms with Gasteiger partial charge in [0.05, 0.1) is 5.02 Å². The van der Waals surface area contributed by atoms with E-state index in [1.165, 1.54) is 11.9 Å². The van der Waals surface area contributed by atoms with Gasteiger partial charge in [0.1, 0.15) is 0 Å². The lowest BCUT2D eigenvalue weighted by Gasteiger charge is -2.20. The fourth-order valence-corrected chi connectivity index (χ4v) is 2.54. The standard InChI is InChI=1S/C16H23ClN2/c1-16(2,3)18-10-6-7-11-19-12-14(17)13-8-4-5-9-15(13)19/h4-5,8-9,12,18H,6-7,10-11H2,1-3H3. The number of nitrogens with one attached hydrogen (secondary N) is 1. The lowest BCUT2D eigenvalue weighted by molar-refractivity contribution is 0.415. The molecule has 0 bridgehead atoms. The van der Waals surface area contributed by atoms with Crippen LogP contribution in [0.1, 0.15) is 33.6 Å². The van der Waals surface area contributed by atoms with Gasteiger partial charge in [-0.15, -0.1) is 0 Å². The van der Waals surface area contributed by atoms with Crippen molar-refractivity contribution in [2.45, 2.75) is 45.7 Å². The largest absolute Gasteiger partial charge is 0.346 e. The summed E-state index contributed by atoms with van der Waals surface area (Å²) in [5.41, 5.74) is 1.44. The van der Waals surface area contributed by atoms with Crippen molar-refractivity contribution in [2.75, 3.05) is 6.54 Å². The molecule has 1 aromatic heterocycles. The van der Waals surface area contributed by atoms with E-state index < -0.39 is 0 Å². The molecule has 0 saturated carbocycles. The molecule has 0 radical (unpaired) electrons. The first-order valence-corrected chi connectivity index (χ1v) is 7.33. The van der Waals surface area contributed by atoms with E-state index in [1.807, 2.05) is 12.3 Å². The highest BCUT2D eigenvalue weighted by molar-refractivity contribution is 6.35. The molecule has 0 aliphatic heterocycles. The molecular weight excluding hydrogens is 256 g/mol. The van der Waals surface area contributed by atoms with E-state index in [0.717, 1.165) is 29.9 Å². The number of hydrogen-bond donors (Lipinski definition) is 1. The lowest BCUT2D eigenvalue weighted by atomic mass is 10.1. The second-order valence-corrected chi connectivity index (χ2v) is 6.48. The summed E-state index contributed by atoms with van der Waals surface area (Å²) >= 11 is 6.24. The Morgan fingerprint density at radius 2 is 1.89 bits per heavy atom. The van der Waals surface area contributed by atoms with Gasteiger partial charge >= 0.3 is 0 Å². The minimum Gasteiger partial charge on any atom is -0.346 e. The number of nitrogens with zero attached hydrogens (tertiary/aromatic N) is 1. The van der Waals surface area contributed by atoms with Crippen LogP contribution in [0.2, 0.25) is 5.02 Å². The van der Waals surface area contributed by atoms with Crippen molar-refractivity contribution in [1.82, 2.24) is 9.88 Å². The summed E-state index contributed by atoms with van der Waals surface area (Å²) in [4.78, 5) is 0. The monoisotopic (exact) mass is 278 g/mol. The van der Waals surface area contributed by atoms with Crippen LogP contribution in [0.3, 0.4) is 0 Å². The van der Waals surface area contributed by atoms with E-state index in [-0.39, 0.29) is 5.54 Å². The Bertz CT molecular complexity index is 537. The molecule has 104 valence electrons. The van der Waals surface area contributed by atoms with E-state index in [1.54, 1.807) is 0 Å². The fourth-order valence-electron chi connectivity index (χ4n) is 2.26. The number of aryl methyl sites for hydroxylation is 1. The highest BCUT2D eigenvalue weighted by Crippen LogP contribution is 2.25. The highest BCUT2D eigenvalue weighted by Gasteiger charge is 2.08. The zero-order chi connectivity index (χ0) is 13.9. The number of unbranched alkanes of at least 4 members (excludes halogenated alkanes) is 1. The van der Waals surface area contributed by atoms with Crippen molar-refractivity contribution in [2.24, 2.45) is 0 Å². The topological polar surface area (TPSA) is 17.0 Å². The molecule has 0 spiro atoms. The minimum absolute atomic E-state index is 0.212. The normalized spacial score (nSPS) is 12.2. The first kappa shape index (κ1) is 14.4. The van der Waals surface area contributed by atoms with Crippen LogP contribution in [0.25, 0.3) is 10.9 Å². The third-order valence-corrected chi connectivity index (χ3v) is 3.52. The quantitative estimate of drug-likeness (QED) is 0.799. The summed E-state index contributed by atoms with van der Waals surface area (Å²) in [6.45, 7) is 8.69. The molecule has 1 aromatic carbocycles. The lowest BCUT2D eigenvalue weighted by Crippen LogP contribution is -2.36. The summed E-state index contributed by atoms with van der Waals surface area (Å²) in [6, 6.07) is 8.31. The predicted molar refractivity (Wildman–Crippen MR) is 83.9 cm³/mol. The predicted octanol–water partition coefficient (Wildman–Crippen LogP) is 4.46. The number of rotatable bonds is 5. The van der Waals surface area contributed by atoms with Gasteiger partial charge in [0.2, 0.25) is 0 Å². The Balaban J connectivity index is 1.89. The molecule has 0 atom stereocenters. The van der Waals surface area contributed by atoms with E-state index in [2.05, 4.69) is 48.9 Å². The summed E-state index contributed by atoms with van der Waals surface area (Å²) in [5.74, 6) is 0. The van der Waals surface area contributed by atoms with Gasteiger partial charge < -0.3 is 9.88 Å². The average molecular weight is 279 g/mol. The molecule has 0 unspecified atom stereocenters. The maximum Gasteiger partial charge on any atom is 0.0661 e. The van der Waals surface area contributed by atoms with Crippen LogP contribution in [-0.4, -0.2) is 16.7 Å². The summed E-state index contributed by atoms with van der Waals surface area (Å²) in [5, 5.41) is 5.52. The molecule has 0 aliphatic carbocycles. The molecule has 0 aliphatic rings. The molecule has 2 rings (SSSR count). The Kier molecular flexibility index (Phi) is 4.54. The van der Waals surface area contributed by atoms with Crippen molar-refractivity contribution in [3.8, 4) is 0 Å². The number of aromatic nitrogens is 1. The maximum absolute atomic E-state index is 6.24. The summed E-state index contributed by atoms with van der Waals surface area (Å²) in [7, 11) is 0. The van der Waals surface area contributed by atoms with Crippen molar-refractivity contribution in [3.63, 3.8) is 0 Å². The Morgan fingerprint density at radius 1 is 1.16 bits per heavy atom. The van der Waals surface area contributed by atoms with Gasteiger partial charge in [-0.25, -0.2) is 0 Å². The Hall–Kier alpha value is -0.990. The third kappa shape index (κ3) is 3.99. The molecule has 1 heterocycles. The first-order valence-electron chi connectivity index (χ1n) is 6.96. The molecule has 0 amide bonds. The van der Waals surface area contributed by atoms with Gasteiger partial charge in [0.15, 0.2) is 0 Å². The number of benzene rings is 1. The fraction of sp³-hybridized carbons (Fsp3) is 0.500. The molecule has 2 aromatic rings. The number of fused-ring (bicyclic) bond motifs is 1. The number of halogens is 1. The third-order valence-electron chi connectivity index (χ3n) is 3.22. The SMILES string of the molecule is CC(C)(C)NCCCCn1cc(Cl)c2ccccc21. The van der Waals surface area contributed by atoms with Gasteiger partial charge in [-0.05, 0) is 46.2 Å². The smallest absolute Gasteiger partial charge is 0.0661 e. The van der Waals surface area contributed by atoms with Crippen LogP contribution < -0.4 is 5.32 Å². The zero-order valence-electron chi connectivity index (χ0n) is 12.0. The van der Waals surface area contributed by atoms with Crippen molar-refractivity contribution >= 4 is 22.5 Å². The maximum atomic E-state index is 6.24. The van der Waals surface area contributed by atoms with Gasteiger partial charge in [-0.2, -0.15) is 0 Å². The number of hydrogen-bond acceptors (Lipinski definition) is 1. The summed E-state index contributed by atoms with van der Waals surface area (Å²) < 4.78 is 2.26. The first-order chi connectivity index (χ1) is 8.97. The van der Waals surface area contributed by atoms with Crippen molar-refractivity contribution in [1.29, 1.82) is 0 Å².